The third-order valence-corrected chi connectivity index (χ3v) is 3.67. The molecule has 1 saturated carbocycles. The lowest BCUT2D eigenvalue weighted by molar-refractivity contribution is 0.460. The van der Waals surface area contributed by atoms with Crippen molar-refractivity contribution >= 4 is 11.6 Å². The Kier molecular flexibility index (Phi) is 3.73. The van der Waals surface area contributed by atoms with E-state index in [1.807, 2.05) is 4.68 Å². The summed E-state index contributed by atoms with van der Waals surface area (Å²) in [4.78, 5) is 0. The van der Waals surface area contributed by atoms with Crippen molar-refractivity contribution in [1.82, 2.24) is 9.78 Å². The van der Waals surface area contributed by atoms with Crippen LogP contribution in [0.4, 0.5) is 0 Å². The molecule has 0 spiro atoms. The summed E-state index contributed by atoms with van der Waals surface area (Å²) in [5.41, 5.74) is 1.44. The van der Waals surface area contributed by atoms with Gasteiger partial charge in [-0.1, -0.05) is 38.3 Å². The molecule has 92 valence electrons. The number of nitrogens with zero attached hydrogens (tertiary/aromatic N) is 3. The summed E-state index contributed by atoms with van der Waals surface area (Å²) in [7, 11) is 0. The van der Waals surface area contributed by atoms with Crippen molar-refractivity contribution in [3.8, 4) is 6.07 Å². The number of rotatable bonds is 3. The van der Waals surface area contributed by atoms with Crippen LogP contribution in [0.15, 0.2) is 0 Å². The van der Waals surface area contributed by atoms with Crippen LogP contribution in [0.2, 0.25) is 5.15 Å². The lowest BCUT2D eigenvalue weighted by Gasteiger charge is -2.10. The molecule has 0 radical (unpaired) electrons. The molecule has 3 nitrogen and oxygen atoms in total. The van der Waals surface area contributed by atoms with E-state index in [0.717, 1.165) is 25.0 Å². The van der Waals surface area contributed by atoms with E-state index in [4.69, 9.17) is 11.6 Å². The van der Waals surface area contributed by atoms with Crippen LogP contribution < -0.4 is 0 Å². The Morgan fingerprint density at radius 1 is 1.47 bits per heavy atom. The van der Waals surface area contributed by atoms with Gasteiger partial charge in [0.15, 0.2) is 0 Å². The molecule has 2 rings (SSSR count). The smallest absolute Gasteiger partial charge is 0.145 e. The van der Waals surface area contributed by atoms with Crippen molar-refractivity contribution in [1.29, 1.82) is 5.26 Å². The molecule has 1 aliphatic rings. The first-order chi connectivity index (χ1) is 8.13. The van der Waals surface area contributed by atoms with Crippen molar-refractivity contribution in [3.63, 3.8) is 0 Å². The Labute approximate surface area is 107 Å². The van der Waals surface area contributed by atoms with Crippen LogP contribution in [0.5, 0.6) is 0 Å². The molecule has 4 heteroatoms. The summed E-state index contributed by atoms with van der Waals surface area (Å²) < 4.78 is 1.88. The molecule has 0 amide bonds. The van der Waals surface area contributed by atoms with Crippen molar-refractivity contribution in [2.24, 2.45) is 5.92 Å². The van der Waals surface area contributed by atoms with Crippen LogP contribution in [0, 0.1) is 17.2 Å². The molecule has 1 aliphatic carbocycles. The van der Waals surface area contributed by atoms with Gasteiger partial charge in [-0.25, -0.2) is 4.68 Å². The lowest BCUT2D eigenvalue weighted by Crippen LogP contribution is -2.07. The third kappa shape index (κ3) is 2.47. The van der Waals surface area contributed by atoms with E-state index < -0.39 is 0 Å². The van der Waals surface area contributed by atoms with Crippen LogP contribution in [0.1, 0.15) is 56.8 Å². The topological polar surface area (TPSA) is 41.6 Å². The molecule has 0 atom stereocenters. The third-order valence-electron chi connectivity index (χ3n) is 3.31. The second-order valence-electron chi connectivity index (χ2n) is 5.21. The molecule has 1 heterocycles. The first-order valence-electron chi connectivity index (χ1n) is 6.30. The Balaban J connectivity index is 2.34. The molecule has 17 heavy (non-hydrogen) atoms. The summed E-state index contributed by atoms with van der Waals surface area (Å²) in [6.07, 6.45) is 5.56. The largest absolute Gasteiger partial charge is 0.249 e. The van der Waals surface area contributed by atoms with Gasteiger partial charge in [0.1, 0.15) is 16.8 Å². The first kappa shape index (κ1) is 12.4. The Morgan fingerprint density at radius 3 is 2.65 bits per heavy atom. The first-order valence-corrected chi connectivity index (χ1v) is 6.68. The highest BCUT2D eigenvalue weighted by atomic mass is 35.5. The zero-order valence-electron chi connectivity index (χ0n) is 10.4. The van der Waals surface area contributed by atoms with Crippen LogP contribution in [-0.4, -0.2) is 9.78 Å². The average Bonchev–Trinajstić information content (AvgIpc) is 2.86. The summed E-state index contributed by atoms with van der Waals surface area (Å²) in [5.74, 6) is 0.491. The fourth-order valence-electron chi connectivity index (χ4n) is 2.49. The number of hydrogen-bond acceptors (Lipinski definition) is 2. The van der Waals surface area contributed by atoms with Gasteiger partial charge in [0, 0.05) is 0 Å². The van der Waals surface area contributed by atoms with E-state index in [1.54, 1.807) is 0 Å². The second-order valence-corrected chi connectivity index (χ2v) is 5.56. The lowest BCUT2D eigenvalue weighted by atomic mass is 10.1. The molecule has 0 saturated heterocycles. The monoisotopic (exact) mass is 251 g/mol. The van der Waals surface area contributed by atoms with Crippen molar-refractivity contribution < 1.29 is 0 Å². The van der Waals surface area contributed by atoms with Gasteiger partial charge in [-0.15, -0.1) is 0 Å². The minimum absolute atomic E-state index is 0.399. The van der Waals surface area contributed by atoms with Crippen LogP contribution in [-0.2, 0) is 6.42 Å². The summed E-state index contributed by atoms with van der Waals surface area (Å²) in [5, 5.41) is 14.3. The molecule has 1 aromatic heterocycles. The Hall–Kier alpha value is -1.01. The zero-order valence-corrected chi connectivity index (χ0v) is 11.2. The van der Waals surface area contributed by atoms with E-state index in [0.29, 0.717) is 22.7 Å². The van der Waals surface area contributed by atoms with Gasteiger partial charge in [-0.3, -0.25) is 0 Å². The Morgan fingerprint density at radius 2 is 2.12 bits per heavy atom. The molecule has 1 aromatic rings. The standard InChI is InChI=1S/C13H18ClN3/c1-9(2)7-12-11(8-15)13(14)17(16-12)10-5-3-4-6-10/h9-10H,3-7H2,1-2H3. The predicted octanol–water partition coefficient (Wildman–Crippen LogP) is 3.72. The fraction of sp³-hybridized carbons (Fsp3) is 0.692. The highest BCUT2D eigenvalue weighted by Gasteiger charge is 2.24. The maximum atomic E-state index is 9.18. The van der Waals surface area contributed by atoms with Gasteiger partial charge in [-0.05, 0) is 25.2 Å². The van der Waals surface area contributed by atoms with E-state index in [9.17, 15) is 5.26 Å². The zero-order chi connectivity index (χ0) is 12.4. The molecule has 0 N–H and O–H groups in total. The van der Waals surface area contributed by atoms with Gasteiger partial charge in [0.2, 0.25) is 0 Å². The molecule has 0 unspecified atom stereocenters. The molecule has 0 bridgehead atoms. The van der Waals surface area contributed by atoms with Gasteiger partial charge in [-0.2, -0.15) is 10.4 Å². The molecular formula is C13H18ClN3. The fourth-order valence-corrected chi connectivity index (χ4v) is 2.82. The summed E-state index contributed by atoms with van der Waals surface area (Å²) >= 11 is 6.27. The average molecular weight is 252 g/mol. The SMILES string of the molecule is CC(C)Cc1nn(C2CCCC2)c(Cl)c1C#N. The molecule has 1 fully saturated rings. The minimum atomic E-state index is 0.399. The van der Waals surface area contributed by atoms with Crippen LogP contribution >= 0.6 is 11.6 Å². The van der Waals surface area contributed by atoms with Crippen LogP contribution in [0.25, 0.3) is 0 Å². The minimum Gasteiger partial charge on any atom is -0.249 e. The normalized spacial score (nSPS) is 16.6. The van der Waals surface area contributed by atoms with Gasteiger partial charge in [0.25, 0.3) is 0 Å². The Bertz CT molecular complexity index is 436. The van der Waals surface area contributed by atoms with E-state index in [1.165, 1.54) is 12.8 Å². The van der Waals surface area contributed by atoms with Crippen molar-refractivity contribution in [3.05, 3.63) is 16.4 Å². The molecule has 0 aliphatic heterocycles. The maximum Gasteiger partial charge on any atom is 0.145 e. The van der Waals surface area contributed by atoms with E-state index in [-0.39, 0.29) is 0 Å². The highest BCUT2D eigenvalue weighted by Crippen LogP contribution is 2.33. The number of halogens is 1. The summed E-state index contributed by atoms with van der Waals surface area (Å²) in [6.45, 7) is 4.26. The number of nitriles is 1. The van der Waals surface area contributed by atoms with Crippen molar-refractivity contribution in [2.45, 2.75) is 52.0 Å². The number of aromatic nitrogens is 2. The van der Waals surface area contributed by atoms with Gasteiger partial charge < -0.3 is 0 Å². The molecular weight excluding hydrogens is 234 g/mol. The number of hydrogen-bond donors (Lipinski definition) is 0. The second kappa shape index (κ2) is 5.10. The molecule has 0 aromatic carbocycles. The summed E-state index contributed by atoms with van der Waals surface area (Å²) in [6, 6.07) is 2.60. The van der Waals surface area contributed by atoms with Crippen molar-refractivity contribution in [2.75, 3.05) is 0 Å². The highest BCUT2D eigenvalue weighted by molar-refractivity contribution is 6.30. The van der Waals surface area contributed by atoms with Crippen LogP contribution in [0.3, 0.4) is 0 Å². The quantitative estimate of drug-likeness (QED) is 0.822. The predicted molar refractivity (Wildman–Crippen MR) is 68.0 cm³/mol. The van der Waals surface area contributed by atoms with E-state index in [2.05, 4.69) is 25.0 Å². The van der Waals surface area contributed by atoms with Gasteiger partial charge in [0.05, 0.1) is 11.7 Å². The maximum absolute atomic E-state index is 9.18. The van der Waals surface area contributed by atoms with E-state index >= 15 is 0 Å². The van der Waals surface area contributed by atoms with Gasteiger partial charge >= 0.3 is 0 Å².